The van der Waals surface area contributed by atoms with E-state index in [9.17, 15) is 4.79 Å². The van der Waals surface area contributed by atoms with Crippen molar-refractivity contribution < 1.29 is 9.53 Å². The van der Waals surface area contributed by atoms with Crippen molar-refractivity contribution in [1.29, 1.82) is 0 Å². The number of rotatable bonds is 4. The summed E-state index contributed by atoms with van der Waals surface area (Å²) in [5.74, 6) is 0.403. The summed E-state index contributed by atoms with van der Waals surface area (Å²) in [6, 6.07) is 3.38. The molecule has 1 amide bonds. The lowest BCUT2D eigenvalue weighted by molar-refractivity contribution is -0.0117. The molecular formula is C12H19N5O2. The predicted octanol–water partition coefficient (Wildman–Crippen LogP) is -0.421. The number of amides is 1. The summed E-state index contributed by atoms with van der Waals surface area (Å²) in [4.78, 5) is 13.5. The molecule has 0 radical (unpaired) electrons. The molecule has 1 fully saturated rings. The van der Waals surface area contributed by atoms with Crippen molar-refractivity contribution in [2.75, 3.05) is 45.7 Å². The first-order chi connectivity index (χ1) is 9.19. The molecular weight excluding hydrogens is 246 g/mol. The lowest BCUT2D eigenvalue weighted by atomic mass is 10.3. The Morgan fingerprint density at radius 2 is 2.37 bits per heavy atom. The summed E-state index contributed by atoms with van der Waals surface area (Å²) in [7, 11) is 3.64. The molecule has 0 aromatic carbocycles. The zero-order valence-electron chi connectivity index (χ0n) is 11.2. The van der Waals surface area contributed by atoms with Gasteiger partial charge < -0.3 is 20.3 Å². The van der Waals surface area contributed by atoms with Crippen molar-refractivity contribution in [1.82, 2.24) is 20.4 Å². The molecule has 1 saturated heterocycles. The second-order valence-electron chi connectivity index (χ2n) is 4.52. The molecule has 19 heavy (non-hydrogen) atoms. The van der Waals surface area contributed by atoms with Gasteiger partial charge in [0.15, 0.2) is 5.69 Å². The van der Waals surface area contributed by atoms with Crippen LogP contribution in [0.15, 0.2) is 12.1 Å². The molecule has 0 saturated carbocycles. The third-order valence-electron chi connectivity index (χ3n) is 2.98. The minimum absolute atomic E-state index is 0.152. The molecule has 1 aromatic rings. The lowest BCUT2D eigenvalue weighted by Crippen LogP contribution is -2.43. The number of morpholine rings is 1. The molecule has 1 aromatic heterocycles. The van der Waals surface area contributed by atoms with Crippen molar-refractivity contribution in [3.63, 3.8) is 0 Å². The Morgan fingerprint density at radius 1 is 1.53 bits per heavy atom. The second-order valence-corrected chi connectivity index (χ2v) is 4.52. The largest absolute Gasteiger partial charge is 0.374 e. The maximum atomic E-state index is 11.3. The van der Waals surface area contributed by atoms with E-state index in [1.165, 1.54) is 0 Å². The van der Waals surface area contributed by atoms with E-state index in [0.717, 1.165) is 19.7 Å². The van der Waals surface area contributed by atoms with Crippen LogP contribution in [0.25, 0.3) is 0 Å². The number of anilines is 1. The Balaban J connectivity index is 1.84. The zero-order chi connectivity index (χ0) is 13.7. The smallest absolute Gasteiger partial charge is 0.271 e. The van der Waals surface area contributed by atoms with E-state index in [2.05, 4.69) is 32.8 Å². The first-order valence-electron chi connectivity index (χ1n) is 6.29. The highest BCUT2D eigenvalue weighted by molar-refractivity contribution is 5.91. The van der Waals surface area contributed by atoms with Crippen molar-refractivity contribution in [2.45, 2.75) is 6.10 Å². The Bertz CT molecular complexity index is 423. The van der Waals surface area contributed by atoms with Crippen LogP contribution in [0, 0.1) is 0 Å². The van der Waals surface area contributed by atoms with Gasteiger partial charge in [0, 0.05) is 26.7 Å². The maximum Gasteiger partial charge on any atom is 0.271 e. The zero-order valence-corrected chi connectivity index (χ0v) is 11.2. The minimum Gasteiger partial charge on any atom is -0.374 e. The van der Waals surface area contributed by atoms with Gasteiger partial charge in [-0.3, -0.25) is 4.79 Å². The van der Waals surface area contributed by atoms with Crippen molar-refractivity contribution in [2.24, 2.45) is 0 Å². The molecule has 1 unspecified atom stereocenters. The van der Waals surface area contributed by atoms with Gasteiger partial charge in [-0.25, -0.2) is 0 Å². The minimum atomic E-state index is -0.240. The summed E-state index contributed by atoms with van der Waals surface area (Å²) in [5.41, 5.74) is 0.307. The van der Waals surface area contributed by atoms with Gasteiger partial charge in [-0.15, -0.1) is 10.2 Å². The standard InChI is InChI=1S/C12H19N5O2/c1-13-12(18)10-3-4-11(16-15-10)14-7-9-8-17(2)5-6-19-9/h3-4,9H,5-8H2,1-2H3,(H,13,18)(H,14,16). The number of nitrogens with zero attached hydrogens (tertiary/aromatic N) is 3. The molecule has 2 heterocycles. The first-order valence-corrected chi connectivity index (χ1v) is 6.29. The Labute approximate surface area is 112 Å². The van der Waals surface area contributed by atoms with E-state index in [4.69, 9.17) is 4.74 Å². The molecule has 1 aliphatic heterocycles. The Morgan fingerprint density at radius 3 is 3.00 bits per heavy atom. The van der Waals surface area contributed by atoms with E-state index in [1.54, 1.807) is 19.2 Å². The molecule has 2 rings (SSSR count). The Hall–Kier alpha value is -1.73. The van der Waals surface area contributed by atoms with Crippen LogP contribution in [0.2, 0.25) is 0 Å². The summed E-state index contributed by atoms with van der Waals surface area (Å²) in [5, 5.41) is 13.5. The number of hydrogen-bond donors (Lipinski definition) is 2. The highest BCUT2D eigenvalue weighted by Gasteiger charge is 2.17. The van der Waals surface area contributed by atoms with E-state index >= 15 is 0 Å². The Kier molecular flexibility index (Phi) is 4.64. The van der Waals surface area contributed by atoms with Gasteiger partial charge in [0.25, 0.3) is 5.91 Å². The fraction of sp³-hybridized carbons (Fsp3) is 0.583. The molecule has 0 aliphatic carbocycles. The van der Waals surface area contributed by atoms with Crippen LogP contribution in [-0.4, -0.2) is 67.4 Å². The van der Waals surface area contributed by atoms with Crippen LogP contribution in [0.4, 0.5) is 5.82 Å². The number of aromatic nitrogens is 2. The second kappa shape index (κ2) is 6.44. The number of hydrogen-bond acceptors (Lipinski definition) is 6. The normalized spacial score (nSPS) is 20.0. The van der Waals surface area contributed by atoms with E-state index in [0.29, 0.717) is 18.1 Å². The highest BCUT2D eigenvalue weighted by atomic mass is 16.5. The SMILES string of the molecule is CNC(=O)c1ccc(NCC2CN(C)CCO2)nn1. The first kappa shape index (κ1) is 13.7. The average molecular weight is 265 g/mol. The molecule has 7 nitrogen and oxygen atoms in total. The van der Waals surface area contributed by atoms with E-state index in [-0.39, 0.29) is 12.0 Å². The van der Waals surface area contributed by atoms with Gasteiger partial charge in [-0.2, -0.15) is 0 Å². The molecule has 2 N–H and O–H groups in total. The topological polar surface area (TPSA) is 79.4 Å². The number of nitrogens with one attached hydrogen (secondary N) is 2. The average Bonchev–Trinajstić information content (AvgIpc) is 2.45. The van der Waals surface area contributed by atoms with E-state index in [1.807, 2.05) is 0 Å². The van der Waals surface area contributed by atoms with Crippen molar-refractivity contribution in [3.05, 3.63) is 17.8 Å². The lowest BCUT2D eigenvalue weighted by Gasteiger charge is -2.30. The third-order valence-corrected chi connectivity index (χ3v) is 2.98. The number of ether oxygens (including phenoxy) is 1. The van der Waals surface area contributed by atoms with Crippen molar-refractivity contribution >= 4 is 11.7 Å². The molecule has 1 aliphatic rings. The predicted molar refractivity (Wildman–Crippen MR) is 71.1 cm³/mol. The number of likely N-dealkylation sites (N-methyl/N-ethyl adjacent to an activating group) is 1. The van der Waals surface area contributed by atoms with Gasteiger partial charge in [-0.1, -0.05) is 0 Å². The van der Waals surface area contributed by atoms with Crippen LogP contribution >= 0.6 is 0 Å². The quantitative estimate of drug-likeness (QED) is 0.769. The molecule has 0 bridgehead atoms. The number of carbonyl (C=O) groups excluding carboxylic acids is 1. The summed E-state index contributed by atoms with van der Waals surface area (Å²) < 4.78 is 5.63. The number of carbonyl (C=O) groups is 1. The maximum absolute atomic E-state index is 11.3. The van der Waals surface area contributed by atoms with E-state index < -0.39 is 0 Å². The summed E-state index contributed by atoms with van der Waals surface area (Å²) in [6.45, 7) is 3.30. The molecule has 104 valence electrons. The highest BCUT2D eigenvalue weighted by Crippen LogP contribution is 2.06. The van der Waals surface area contributed by atoms with Crippen LogP contribution in [0.1, 0.15) is 10.5 Å². The fourth-order valence-corrected chi connectivity index (χ4v) is 1.88. The molecule has 7 heteroatoms. The summed E-state index contributed by atoms with van der Waals surface area (Å²) in [6.07, 6.45) is 0.152. The van der Waals surface area contributed by atoms with Gasteiger partial charge in [0.05, 0.1) is 12.7 Å². The van der Waals surface area contributed by atoms with Crippen LogP contribution in [0.3, 0.4) is 0 Å². The van der Waals surface area contributed by atoms with Crippen LogP contribution in [0.5, 0.6) is 0 Å². The van der Waals surface area contributed by atoms with Crippen molar-refractivity contribution in [3.8, 4) is 0 Å². The van der Waals surface area contributed by atoms with Crippen LogP contribution < -0.4 is 10.6 Å². The summed E-state index contributed by atoms with van der Waals surface area (Å²) >= 11 is 0. The van der Waals surface area contributed by atoms with Gasteiger partial charge in [0.2, 0.25) is 0 Å². The monoisotopic (exact) mass is 265 g/mol. The van der Waals surface area contributed by atoms with Gasteiger partial charge in [0.1, 0.15) is 5.82 Å². The van der Waals surface area contributed by atoms with Crippen LogP contribution in [-0.2, 0) is 4.74 Å². The molecule has 1 atom stereocenters. The third kappa shape index (κ3) is 3.87. The van der Waals surface area contributed by atoms with Gasteiger partial charge >= 0.3 is 0 Å². The van der Waals surface area contributed by atoms with Gasteiger partial charge in [-0.05, 0) is 19.2 Å². The fourth-order valence-electron chi connectivity index (χ4n) is 1.88. The molecule has 0 spiro atoms.